The number of piperazine rings is 1. The smallest absolute Gasteiger partial charge is 0.337 e. The van der Waals surface area contributed by atoms with Gasteiger partial charge in [-0.1, -0.05) is 18.0 Å². The molecule has 1 aromatic carbocycles. The molecule has 0 unspecified atom stereocenters. The maximum atomic E-state index is 12.3. The molecule has 5 nitrogen and oxygen atoms in total. The Bertz CT molecular complexity index is 608. The van der Waals surface area contributed by atoms with E-state index in [4.69, 9.17) is 16.3 Å². The molecular weight excluding hydrogens is 316 g/mol. The van der Waals surface area contributed by atoms with Crippen LogP contribution in [0.15, 0.2) is 18.2 Å². The summed E-state index contributed by atoms with van der Waals surface area (Å²) in [5.74, 6) is 0.166. The number of hydrogen-bond acceptors (Lipinski definition) is 4. The van der Waals surface area contributed by atoms with E-state index in [1.807, 2.05) is 4.90 Å². The third-order valence-electron chi connectivity index (χ3n) is 4.75. The van der Waals surface area contributed by atoms with Crippen LogP contribution in [0.25, 0.3) is 0 Å². The van der Waals surface area contributed by atoms with Crippen molar-refractivity contribution in [3.8, 4) is 0 Å². The molecule has 0 N–H and O–H groups in total. The van der Waals surface area contributed by atoms with E-state index in [1.54, 1.807) is 18.2 Å². The second-order valence-electron chi connectivity index (χ2n) is 6.10. The molecule has 1 heterocycles. The number of rotatable bonds is 3. The van der Waals surface area contributed by atoms with Crippen molar-refractivity contribution in [2.24, 2.45) is 5.92 Å². The van der Waals surface area contributed by atoms with Gasteiger partial charge in [-0.2, -0.15) is 0 Å². The molecule has 3 rings (SSSR count). The van der Waals surface area contributed by atoms with Crippen LogP contribution in [0.3, 0.4) is 0 Å². The number of anilines is 1. The number of halogens is 1. The van der Waals surface area contributed by atoms with E-state index < -0.39 is 0 Å². The zero-order chi connectivity index (χ0) is 16.4. The van der Waals surface area contributed by atoms with Crippen LogP contribution in [0.4, 0.5) is 5.69 Å². The lowest BCUT2D eigenvalue weighted by molar-refractivity contribution is -0.138. The van der Waals surface area contributed by atoms with Crippen molar-refractivity contribution in [1.82, 2.24) is 4.90 Å². The first-order valence-electron chi connectivity index (χ1n) is 8.01. The van der Waals surface area contributed by atoms with Gasteiger partial charge < -0.3 is 14.5 Å². The largest absolute Gasteiger partial charge is 0.465 e. The van der Waals surface area contributed by atoms with Crippen LogP contribution in [-0.2, 0) is 9.53 Å². The van der Waals surface area contributed by atoms with Gasteiger partial charge in [-0.15, -0.1) is 0 Å². The Balaban J connectivity index is 1.67. The third kappa shape index (κ3) is 3.29. The van der Waals surface area contributed by atoms with Crippen molar-refractivity contribution < 1.29 is 14.3 Å². The Morgan fingerprint density at radius 3 is 2.43 bits per heavy atom. The molecule has 6 heteroatoms. The number of nitrogens with zero attached hydrogens (tertiary/aromatic N) is 2. The van der Waals surface area contributed by atoms with Gasteiger partial charge in [0.2, 0.25) is 5.91 Å². The second kappa shape index (κ2) is 6.79. The molecule has 1 aliphatic carbocycles. The highest BCUT2D eigenvalue weighted by atomic mass is 35.5. The molecule has 1 saturated heterocycles. The minimum absolute atomic E-state index is 0.243. The van der Waals surface area contributed by atoms with Crippen LogP contribution in [0.2, 0.25) is 5.02 Å². The topological polar surface area (TPSA) is 49.9 Å². The molecule has 2 aliphatic rings. The van der Waals surface area contributed by atoms with Gasteiger partial charge in [-0.05, 0) is 31.0 Å². The summed E-state index contributed by atoms with van der Waals surface area (Å²) in [5.41, 5.74) is 1.31. The van der Waals surface area contributed by atoms with Gasteiger partial charge in [0.05, 0.1) is 23.4 Å². The van der Waals surface area contributed by atoms with Gasteiger partial charge in [0, 0.05) is 32.1 Å². The fraction of sp³-hybridized carbons (Fsp3) is 0.529. The first-order valence-corrected chi connectivity index (χ1v) is 8.39. The summed E-state index contributed by atoms with van der Waals surface area (Å²) in [6, 6.07) is 5.14. The first-order chi connectivity index (χ1) is 11.1. The number of amides is 1. The Labute approximate surface area is 141 Å². The average Bonchev–Trinajstić information content (AvgIpc) is 2.53. The number of carbonyl (C=O) groups excluding carboxylic acids is 2. The molecule has 0 spiro atoms. The van der Waals surface area contributed by atoms with Gasteiger partial charge in [0.25, 0.3) is 0 Å². The summed E-state index contributed by atoms with van der Waals surface area (Å²) in [4.78, 5) is 28.1. The molecule has 1 aliphatic heterocycles. The SMILES string of the molecule is COC(=O)c1ccc(Cl)c(N2CCN(C(=O)C3CCC3)CC2)c1. The van der Waals surface area contributed by atoms with E-state index in [2.05, 4.69) is 4.90 Å². The van der Waals surface area contributed by atoms with E-state index >= 15 is 0 Å². The molecule has 0 aromatic heterocycles. The highest BCUT2D eigenvalue weighted by molar-refractivity contribution is 6.33. The Hall–Kier alpha value is -1.75. The fourth-order valence-electron chi connectivity index (χ4n) is 3.08. The lowest BCUT2D eigenvalue weighted by atomic mass is 9.84. The van der Waals surface area contributed by atoms with Crippen molar-refractivity contribution in [2.45, 2.75) is 19.3 Å². The summed E-state index contributed by atoms with van der Waals surface area (Å²) in [7, 11) is 1.36. The van der Waals surface area contributed by atoms with Gasteiger partial charge in [-0.3, -0.25) is 4.79 Å². The van der Waals surface area contributed by atoms with E-state index in [0.717, 1.165) is 31.6 Å². The second-order valence-corrected chi connectivity index (χ2v) is 6.51. The molecule has 23 heavy (non-hydrogen) atoms. The monoisotopic (exact) mass is 336 g/mol. The number of benzene rings is 1. The van der Waals surface area contributed by atoms with Crippen molar-refractivity contribution in [3.63, 3.8) is 0 Å². The van der Waals surface area contributed by atoms with E-state index in [9.17, 15) is 9.59 Å². The lowest BCUT2D eigenvalue weighted by Gasteiger charge is -2.39. The minimum Gasteiger partial charge on any atom is -0.465 e. The van der Waals surface area contributed by atoms with Crippen LogP contribution in [-0.4, -0.2) is 50.1 Å². The molecular formula is C17H21ClN2O3. The maximum Gasteiger partial charge on any atom is 0.337 e. The highest BCUT2D eigenvalue weighted by Gasteiger charge is 2.31. The predicted octanol–water partition coefficient (Wildman–Crippen LogP) is 2.58. The molecule has 0 bridgehead atoms. The van der Waals surface area contributed by atoms with E-state index in [1.165, 1.54) is 13.5 Å². The minimum atomic E-state index is -0.373. The number of carbonyl (C=O) groups is 2. The van der Waals surface area contributed by atoms with Crippen LogP contribution in [0.5, 0.6) is 0 Å². The van der Waals surface area contributed by atoms with Crippen LogP contribution >= 0.6 is 11.6 Å². The summed E-state index contributed by atoms with van der Waals surface area (Å²) in [6.45, 7) is 2.86. The molecule has 124 valence electrons. The zero-order valence-electron chi connectivity index (χ0n) is 13.3. The maximum absolute atomic E-state index is 12.3. The van der Waals surface area contributed by atoms with Crippen molar-refractivity contribution in [3.05, 3.63) is 28.8 Å². The van der Waals surface area contributed by atoms with Crippen molar-refractivity contribution >= 4 is 29.2 Å². The summed E-state index contributed by atoms with van der Waals surface area (Å²) >= 11 is 6.28. The van der Waals surface area contributed by atoms with Gasteiger partial charge >= 0.3 is 5.97 Å². The Morgan fingerprint density at radius 2 is 1.87 bits per heavy atom. The fourth-order valence-corrected chi connectivity index (χ4v) is 3.32. The standard InChI is InChI=1S/C17H21ClN2O3/c1-23-17(22)13-5-6-14(18)15(11-13)19-7-9-20(10-8-19)16(21)12-3-2-4-12/h5-6,11-12H,2-4,7-10H2,1H3. The van der Waals surface area contributed by atoms with Gasteiger partial charge in [-0.25, -0.2) is 4.79 Å². The third-order valence-corrected chi connectivity index (χ3v) is 5.07. The molecule has 1 aromatic rings. The van der Waals surface area contributed by atoms with Crippen molar-refractivity contribution in [2.75, 3.05) is 38.2 Å². The molecule has 1 amide bonds. The summed E-state index contributed by atoms with van der Waals surface area (Å²) in [6.07, 6.45) is 3.24. The van der Waals surface area contributed by atoms with Gasteiger partial charge in [0.15, 0.2) is 0 Å². The normalized spacial score (nSPS) is 18.5. The quantitative estimate of drug-likeness (QED) is 0.796. The molecule has 1 saturated carbocycles. The Morgan fingerprint density at radius 1 is 1.17 bits per heavy atom. The molecule has 2 fully saturated rings. The Kier molecular flexibility index (Phi) is 4.76. The van der Waals surface area contributed by atoms with Crippen LogP contribution in [0.1, 0.15) is 29.6 Å². The summed E-state index contributed by atoms with van der Waals surface area (Å²) in [5, 5.41) is 0.608. The van der Waals surface area contributed by atoms with Gasteiger partial charge in [0.1, 0.15) is 0 Å². The number of ether oxygens (including phenoxy) is 1. The highest BCUT2D eigenvalue weighted by Crippen LogP contribution is 2.31. The first kappa shape index (κ1) is 16.1. The predicted molar refractivity (Wildman–Crippen MR) is 88.9 cm³/mol. The lowest BCUT2D eigenvalue weighted by Crippen LogP contribution is -2.51. The number of hydrogen-bond donors (Lipinski definition) is 0. The average molecular weight is 337 g/mol. The van der Waals surface area contributed by atoms with Crippen LogP contribution < -0.4 is 4.90 Å². The van der Waals surface area contributed by atoms with Crippen molar-refractivity contribution in [1.29, 1.82) is 0 Å². The number of methoxy groups -OCH3 is 1. The van der Waals surface area contributed by atoms with E-state index in [-0.39, 0.29) is 11.9 Å². The number of esters is 1. The van der Waals surface area contributed by atoms with E-state index in [0.29, 0.717) is 29.6 Å². The van der Waals surface area contributed by atoms with Crippen LogP contribution in [0, 0.1) is 5.92 Å². The zero-order valence-corrected chi connectivity index (χ0v) is 14.0. The molecule has 0 atom stereocenters. The molecule has 0 radical (unpaired) electrons. The summed E-state index contributed by atoms with van der Waals surface area (Å²) < 4.78 is 4.76.